The molecule has 3 heteroatoms. The molecule has 0 saturated heterocycles. The topological polar surface area (TPSA) is 22.4 Å². The van der Waals surface area contributed by atoms with Gasteiger partial charge in [-0.05, 0) is 36.6 Å². The van der Waals surface area contributed by atoms with Gasteiger partial charge in [0.25, 0.3) is 0 Å². The number of para-hydroxylation sites is 1. The standard InChI is InChI=1S/C15H17BrO2/c1-17-15-7-3-2-5-12(15)11-13(16)8-9-14-6-4-10-18-14/h2-7,10,13H,8-9,11H2,1H3. The Morgan fingerprint density at radius 1 is 1.22 bits per heavy atom. The van der Waals surface area contributed by atoms with Crippen LogP contribution in [0.2, 0.25) is 0 Å². The maximum atomic E-state index is 5.36. The number of benzene rings is 1. The number of ether oxygens (including phenoxy) is 1. The number of hydrogen-bond acceptors (Lipinski definition) is 2. The van der Waals surface area contributed by atoms with Gasteiger partial charge < -0.3 is 9.15 Å². The van der Waals surface area contributed by atoms with E-state index in [2.05, 4.69) is 22.0 Å². The van der Waals surface area contributed by atoms with E-state index in [1.54, 1.807) is 13.4 Å². The van der Waals surface area contributed by atoms with Gasteiger partial charge in [-0.15, -0.1) is 0 Å². The molecule has 0 N–H and O–H groups in total. The molecule has 0 aliphatic heterocycles. The fourth-order valence-corrected chi connectivity index (χ4v) is 2.54. The predicted molar refractivity (Wildman–Crippen MR) is 76.4 cm³/mol. The number of hydrogen-bond donors (Lipinski definition) is 0. The fourth-order valence-electron chi connectivity index (χ4n) is 1.97. The van der Waals surface area contributed by atoms with Gasteiger partial charge in [0, 0.05) is 11.2 Å². The van der Waals surface area contributed by atoms with Crippen molar-refractivity contribution in [3.63, 3.8) is 0 Å². The van der Waals surface area contributed by atoms with Crippen LogP contribution >= 0.6 is 15.9 Å². The third kappa shape index (κ3) is 3.64. The van der Waals surface area contributed by atoms with Gasteiger partial charge in [-0.2, -0.15) is 0 Å². The molecule has 0 aliphatic rings. The van der Waals surface area contributed by atoms with Crippen LogP contribution in [0.4, 0.5) is 0 Å². The van der Waals surface area contributed by atoms with Crippen LogP contribution in [0, 0.1) is 0 Å². The van der Waals surface area contributed by atoms with Crippen LogP contribution in [0.1, 0.15) is 17.7 Å². The highest BCUT2D eigenvalue weighted by atomic mass is 79.9. The second-order valence-electron chi connectivity index (χ2n) is 4.23. The Morgan fingerprint density at radius 2 is 2.06 bits per heavy atom. The van der Waals surface area contributed by atoms with Crippen molar-refractivity contribution in [2.75, 3.05) is 7.11 Å². The largest absolute Gasteiger partial charge is 0.496 e. The number of methoxy groups -OCH3 is 1. The van der Waals surface area contributed by atoms with Crippen LogP contribution in [0.5, 0.6) is 5.75 Å². The molecule has 1 aromatic carbocycles. The Balaban J connectivity index is 1.88. The van der Waals surface area contributed by atoms with Crippen LogP contribution in [0.25, 0.3) is 0 Å². The molecule has 0 radical (unpaired) electrons. The highest BCUT2D eigenvalue weighted by molar-refractivity contribution is 9.09. The first-order valence-corrected chi connectivity index (χ1v) is 6.99. The summed E-state index contributed by atoms with van der Waals surface area (Å²) in [4.78, 5) is 0.430. The van der Waals surface area contributed by atoms with E-state index in [0.717, 1.165) is 30.8 Å². The number of halogens is 1. The average Bonchev–Trinajstić information content (AvgIpc) is 2.90. The SMILES string of the molecule is COc1ccccc1CC(Br)CCc1ccco1. The van der Waals surface area contributed by atoms with Crippen LogP contribution in [-0.4, -0.2) is 11.9 Å². The van der Waals surface area contributed by atoms with Crippen LogP contribution in [0.3, 0.4) is 0 Å². The number of alkyl halides is 1. The van der Waals surface area contributed by atoms with E-state index in [1.165, 1.54) is 5.56 Å². The Hall–Kier alpha value is -1.22. The van der Waals surface area contributed by atoms with E-state index in [4.69, 9.17) is 9.15 Å². The van der Waals surface area contributed by atoms with Crippen molar-refractivity contribution in [3.8, 4) is 5.75 Å². The molecular weight excluding hydrogens is 292 g/mol. The zero-order valence-corrected chi connectivity index (χ0v) is 12.0. The van der Waals surface area contributed by atoms with Crippen LogP contribution in [-0.2, 0) is 12.8 Å². The molecule has 0 aliphatic carbocycles. The summed E-state index contributed by atoms with van der Waals surface area (Å²) in [5.41, 5.74) is 1.24. The summed E-state index contributed by atoms with van der Waals surface area (Å²) in [5.74, 6) is 2.00. The number of rotatable bonds is 6. The first kappa shape index (κ1) is 13.2. The quantitative estimate of drug-likeness (QED) is 0.745. The monoisotopic (exact) mass is 308 g/mol. The van der Waals surface area contributed by atoms with Gasteiger partial charge in [-0.25, -0.2) is 0 Å². The number of aryl methyl sites for hydroxylation is 1. The Bertz CT molecular complexity index is 465. The third-order valence-electron chi connectivity index (χ3n) is 2.92. The molecule has 2 aromatic rings. The number of furan rings is 1. The lowest BCUT2D eigenvalue weighted by molar-refractivity contribution is 0.409. The van der Waals surface area contributed by atoms with E-state index in [9.17, 15) is 0 Å². The molecule has 2 nitrogen and oxygen atoms in total. The summed E-state index contributed by atoms with van der Waals surface area (Å²) in [6.07, 6.45) is 4.69. The Labute approximate surface area is 116 Å². The average molecular weight is 309 g/mol. The smallest absolute Gasteiger partial charge is 0.122 e. The Morgan fingerprint density at radius 3 is 2.78 bits per heavy atom. The Kier molecular flexibility index (Phi) is 4.88. The first-order valence-electron chi connectivity index (χ1n) is 6.08. The maximum Gasteiger partial charge on any atom is 0.122 e. The van der Waals surface area contributed by atoms with Crippen molar-refractivity contribution in [2.45, 2.75) is 24.1 Å². The molecule has 2 rings (SSSR count). The van der Waals surface area contributed by atoms with E-state index in [-0.39, 0.29) is 0 Å². The van der Waals surface area contributed by atoms with E-state index in [1.807, 2.05) is 30.3 Å². The van der Waals surface area contributed by atoms with Gasteiger partial charge in [0.05, 0.1) is 13.4 Å². The summed E-state index contributed by atoms with van der Waals surface area (Å²) in [6, 6.07) is 12.1. The summed E-state index contributed by atoms with van der Waals surface area (Å²) < 4.78 is 10.7. The molecule has 96 valence electrons. The normalized spacial score (nSPS) is 12.3. The van der Waals surface area contributed by atoms with E-state index < -0.39 is 0 Å². The zero-order chi connectivity index (χ0) is 12.8. The second-order valence-corrected chi connectivity index (χ2v) is 5.53. The molecule has 1 atom stereocenters. The summed E-state index contributed by atoms with van der Waals surface area (Å²) in [7, 11) is 1.71. The van der Waals surface area contributed by atoms with E-state index in [0.29, 0.717) is 4.83 Å². The van der Waals surface area contributed by atoms with Gasteiger partial charge in [0.1, 0.15) is 11.5 Å². The molecule has 0 fully saturated rings. The molecule has 0 bridgehead atoms. The zero-order valence-electron chi connectivity index (χ0n) is 10.4. The first-order chi connectivity index (χ1) is 8.79. The minimum absolute atomic E-state index is 0.430. The minimum Gasteiger partial charge on any atom is -0.496 e. The summed E-state index contributed by atoms with van der Waals surface area (Å²) >= 11 is 3.73. The van der Waals surface area contributed by atoms with Gasteiger partial charge >= 0.3 is 0 Å². The van der Waals surface area contributed by atoms with Crippen molar-refractivity contribution in [1.82, 2.24) is 0 Å². The van der Waals surface area contributed by atoms with Gasteiger partial charge in [-0.3, -0.25) is 0 Å². The van der Waals surface area contributed by atoms with Gasteiger partial charge in [-0.1, -0.05) is 34.1 Å². The lowest BCUT2D eigenvalue weighted by Crippen LogP contribution is -2.05. The van der Waals surface area contributed by atoms with Crippen LogP contribution in [0.15, 0.2) is 47.1 Å². The molecule has 0 amide bonds. The van der Waals surface area contributed by atoms with Crippen LogP contribution < -0.4 is 4.74 Å². The maximum absolute atomic E-state index is 5.36. The van der Waals surface area contributed by atoms with Crippen molar-refractivity contribution in [3.05, 3.63) is 54.0 Å². The molecule has 18 heavy (non-hydrogen) atoms. The molecule has 1 unspecified atom stereocenters. The molecule has 0 spiro atoms. The lowest BCUT2D eigenvalue weighted by Gasteiger charge is -2.12. The van der Waals surface area contributed by atoms with Gasteiger partial charge in [0.2, 0.25) is 0 Å². The van der Waals surface area contributed by atoms with E-state index >= 15 is 0 Å². The minimum atomic E-state index is 0.430. The second kappa shape index (κ2) is 6.64. The third-order valence-corrected chi connectivity index (χ3v) is 3.70. The lowest BCUT2D eigenvalue weighted by atomic mass is 10.1. The van der Waals surface area contributed by atoms with Crippen molar-refractivity contribution in [1.29, 1.82) is 0 Å². The summed E-state index contributed by atoms with van der Waals surface area (Å²) in [5, 5.41) is 0. The van der Waals surface area contributed by atoms with Gasteiger partial charge in [0.15, 0.2) is 0 Å². The van der Waals surface area contributed by atoms with Crippen molar-refractivity contribution < 1.29 is 9.15 Å². The predicted octanol–water partition coefficient (Wildman–Crippen LogP) is 4.23. The fraction of sp³-hybridized carbons (Fsp3) is 0.333. The summed E-state index contributed by atoms with van der Waals surface area (Å²) in [6.45, 7) is 0. The highest BCUT2D eigenvalue weighted by Crippen LogP contribution is 2.23. The molecule has 1 aromatic heterocycles. The highest BCUT2D eigenvalue weighted by Gasteiger charge is 2.10. The van der Waals surface area contributed by atoms with Crippen molar-refractivity contribution in [2.24, 2.45) is 0 Å². The molecular formula is C15H17BrO2. The molecule has 1 heterocycles. The molecule has 0 saturated carbocycles. The van der Waals surface area contributed by atoms with Crippen molar-refractivity contribution >= 4 is 15.9 Å².